The second kappa shape index (κ2) is 6.20. The molecule has 2 aromatic carbocycles. The van der Waals surface area contributed by atoms with Crippen molar-refractivity contribution in [2.45, 2.75) is 13.0 Å². The van der Waals surface area contributed by atoms with Gasteiger partial charge < -0.3 is 9.15 Å². The molecular formula is C18H14N4O3. The molecule has 2 heterocycles. The summed E-state index contributed by atoms with van der Waals surface area (Å²) in [4.78, 5) is 12.4. The van der Waals surface area contributed by atoms with Crippen molar-refractivity contribution in [3.63, 3.8) is 0 Å². The summed E-state index contributed by atoms with van der Waals surface area (Å²) in [5.74, 6) is 0.0557. The number of aromatic amines is 1. The molecule has 0 bridgehead atoms. The number of carbonyl (C=O) groups is 1. The number of nitrogens with zero attached hydrogens (tertiary/aromatic N) is 3. The average molecular weight is 334 g/mol. The number of para-hydroxylation sites is 1. The molecule has 0 saturated carbocycles. The number of carbonyl (C=O) groups excluding carboxylic acids is 1. The number of nitrogens with one attached hydrogen (secondary N) is 1. The third-order valence-electron chi connectivity index (χ3n) is 3.76. The number of hydrogen-bond acceptors (Lipinski definition) is 6. The maximum atomic E-state index is 12.4. The molecule has 0 aliphatic carbocycles. The van der Waals surface area contributed by atoms with E-state index in [1.54, 1.807) is 13.0 Å². The summed E-state index contributed by atoms with van der Waals surface area (Å²) in [5, 5.41) is 15.5. The summed E-state index contributed by atoms with van der Waals surface area (Å²) in [5.41, 5.74) is 1.80. The number of hydrogen-bond donors (Lipinski definition) is 1. The van der Waals surface area contributed by atoms with Crippen molar-refractivity contribution in [1.82, 2.24) is 20.4 Å². The number of ether oxygens (including phenoxy) is 1. The fourth-order valence-corrected chi connectivity index (χ4v) is 2.48. The number of benzene rings is 2. The Morgan fingerprint density at radius 1 is 1.08 bits per heavy atom. The zero-order valence-corrected chi connectivity index (χ0v) is 13.3. The van der Waals surface area contributed by atoms with E-state index in [2.05, 4.69) is 20.4 Å². The molecular weight excluding hydrogens is 320 g/mol. The minimum absolute atomic E-state index is 0.227. The van der Waals surface area contributed by atoms with E-state index in [-0.39, 0.29) is 11.6 Å². The van der Waals surface area contributed by atoms with Crippen LogP contribution in [-0.2, 0) is 4.74 Å². The van der Waals surface area contributed by atoms with Crippen molar-refractivity contribution in [3.8, 4) is 11.5 Å². The fraction of sp³-hybridized carbons (Fsp3) is 0.111. The Morgan fingerprint density at radius 2 is 1.84 bits per heavy atom. The summed E-state index contributed by atoms with van der Waals surface area (Å²) in [6.45, 7) is 1.68. The van der Waals surface area contributed by atoms with Gasteiger partial charge in [0.15, 0.2) is 11.8 Å². The van der Waals surface area contributed by atoms with Gasteiger partial charge in [0.25, 0.3) is 5.89 Å². The first-order valence-corrected chi connectivity index (χ1v) is 7.75. The van der Waals surface area contributed by atoms with Crippen LogP contribution in [0, 0.1) is 0 Å². The van der Waals surface area contributed by atoms with Crippen LogP contribution >= 0.6 is 0 Å². The lowest BCUT2D eigenvalue weighted by Gasteiger charge is -2.07. The van der Waals surface area contributed by atoms with Crippen LogP contribution in [0.3, 0.4) is 0 Å². The maximum absolute atomic E-state index is 12.4. The first-order valence-electron chi connectivity index (χ1n) is 7.75. The van der Waals surface area contributed by atoms with Crippen LogP contribution in [0.15, 0.2) is 59.0 Å². The minimum atomic E-state index is -0.687. The molecule has 4 aromatic rings. The lowest BCUT2D eigenvalue weighted by Crippen LogP contribution is -2.10. The number of rotatable bonds is 4. The molecule has 4 rings (SSSR count). The predicted octanol–water partition coefficient (Wildman–Crippen LogP) is 3.53. The normalized spacial score (nSPS) is 12.2. The van der Waals surface area contributed by atoms with E-state index in [0.717, 1.165) is 11.1 Å². The molecule has 1 atom stereocenters. The number of aromatic nitrogens is 4. The smallest absolute Gasteiger partial charge is 0.360 e. The van der Waals surface area contributed by atoms with E-state index in [9.17, 15) is 4.79 Å². The van der Waals surface area contributed by atoms with Crippen molar-refractivity contribution < 1.29 is 13.9 Å². The van der Waals surface area contributed by atoms with E-state index in [1.165, 1.54) is 0 Å². The van der Waals surface area contributed by atoms with E-state index < -0.39 is 12.1 Å². The molecule has 2 aromatic heterocycles. The predicted molar refractivity (Wildman–Crippen MR) is 89.7 cm³/mol. The Kier molecular flexibility index (Phi) is 3.74. The summed E-state index contributed by atoms with van der Waals surface area (Å²) in [6.07, 6.45) is -0.687. The molecule has 0 radical (unpaired) electrons. The van der Waals surface area contributed by atoms with Crippen LogP contribution < -0.4 is 0 Å². The first-order chi connectivity index (χ1) is 12.2. The van der Waals surface area contributed by atoms with Crippen LogP contribution in [0.4, 0.5) is 0 Å². The molecule has 0 aliphatic rings. The molecule has 0 amide bonds. The molecule has 7 heteroatoms. The molecule has 1 N–H and O–H groups in total. The Labute approximate surface area is 142 Å². The lowest BCUT2D eigenvalue weighted by molar-refractivity contribution is 0.0275. The fourth-order valence-electron chi connectivity index (χ4n) is 2.48. The zero-order valence-electron chi connectivity index (χ0n) is 13.3. The Morgan fingerprint density at radius 3 is 2.68 bits per heavy atom. The van der Waals surface area contributed by atoms with Crippen LogP contribution in [0.2, 0.25) is 0 Å². The molecule has 25 heavy (non-hydrogen) atoms. The highest BCUT2D eigenvalue weighted by molar-refractivity contribution is 6.01. The molecule has 0 saturated heterocycles. The topological polar surface area (TPSA) is 93.9 Å². The van der Waals surface area contributed by atoms with Crippen LogP contribution in [0.1, 0.15) is 29.4 Å². The van der Waals surface area contributed by atoms with E-state index in [0.29, 0.717) is 11.3 Å². The third kappa shape index (κ3) is 2.87. The standard InChI is InChI=1S/C18H14N4O3/c1-11(16-21-22-17(25-16)12-7-3-2-4-8-12)24-18(23)15-13-9-5-6-10-14(13)19-20-15/h2-11H,1H3,(H,19,20). The van der Waals surface area contributed by atoms with Gasteiger partial charge in [0.05, 0.1) is 5.52 Å². The molecule has 124 valence electrons. The van der Waals surface area contributed by atoms with Gasteiger partial charge in [-0.3, -0.25) is 5.10 Å². The molecule has 0 aliphatic heterocycles. The Bertz CT molecular complexity index is 1020. The van der Waals surface area contributed by atoms with Gasteiger partial charge in [-0.15, -0.1) is 10.2 Å². The van der Waals surface area contributed by atoms with E-state index in [1.807, 2.05) is 48.5 Å². The number of esters is 1. The monoisotopic (exact) mass is 334 g/mol. The molecule has 1 unspecified atom stereocenters. The van der Waals surface area contributed by atoms with Gasteiger partial charge in [-0.1, -0.05) is 36.4 Å². The molecule has 7 nitrogen and oxygen atoms in total. The van der Waals surface area contributed by atoms with Gasteiger partial charge in [-0.05, 0) is 25.1 Å². The second-order valence-corrected chi connectivity index (χ2v) is 5.48. The van der Waals surface area contributed by atoms with Crippen molar-refractivity contribution in [3.05, 3.63) is 66.2 Å². The summed E-state index contributed by atoms with van der Waals surface area (Å²) in [7, 11) is 0. The van der Waals surface area contributed by atoms with Crippen molar-refractivity contribution in [2.75, 3.05) is 0 Å². The minimum Gasteiger partial charge on any atom is -0.448 e. The SMILES string of the molecule is CC(OC(=O)c1n[nH]c2ccccc12)c1nnc(-c2ccccc2)o1. The second-order valence-electron chi connectivity index (χ2n) is 5.48. The van der Waals surface area contributed by atoms with E-state index in [4.69, 9.17) is 9.15 Å². The average Bonchev–Trinajstić information content (AvgIpc) is 3.30. The van der Waals surface area contributed by atoms with Crippen LogP contribution in [-0.4, -0.2) is 26.4 Å². The van der Waals surface area contributed by atoms with Gasteiger partial charge in [0.2, 0.25) is 5.89 Å². The van der Waals surface area contributed by atoms with Gasteiger partial charge >= 0.3 is 5.97 Å². The van der Waals surface area contributed by atoms with Crippen LogP contribution in [0.5, 0.6) is 0 Å². The van der Waals surface area contributed by atoms with Gasteiger partial charge in [0, 0.05) is 10.9 Å². The van der Waals surface area contributed by atoms with Gasteiger partial charge in [0.1, 0.15) is 0 Å². The molecule has 0 fully saturated rings. The Balaban J connectivity index is 1.53. The van der Waals surface area contributed by atoms with Crippen LogP contribution in [0.25, 0.3) is 22.4 Å². The van der Waals surface area contributed by atoms with Gasteiger partial charge in [-0.25, -0.2) is 4.79 Å². The number of fused-ring (bicyclic) bond motifs is 1. The van der Waals surface area contributed by atoms with E-state index >= 15 is 0 Å². The highest BCUT2D eigenvalue weighted by atomic mass is 16.6. The van der Waals surface area contributed by atoms with Crippen molar-refractivity contribution in [2.24, 2.45) is 0 Å². The summed E-state index contributed by atoms with van der Waals surface area (Å²) >= 11 is 0. The largest absolute Gasteiger partial charge is 0.448 e. The first kappa shape index (κ1) is 15.1. The molecule has 0 spiro atoms. The Hall–Kier alpha value is -3.48. The highest BCUT2D eigenvalue weighted by Crippen LogP contribution is 2.24. The zero-order chi connectivity index (χ0) is 17.2. The quantitative estimate of drug-likeness (QED) is 0.574. The lowest BCUT2D eigenvalue weighted by atomic mass is 10.2. The third-order valence-corrected chi connectivity index (χ3v) is 3.76. The summed E-state index contributed by atoms with van der Waals surface area (Å²) in [6, 6.07) is 16.7. The van der Waals surface area contributed by atoms with Crippen molar-refractivity contribution in [1.29, 1.82) is 0 Å². The van der Waals surface area contributed by atoms with Crippen molar-refractivity contribution >= 4 is 16.9 Å². The van der Waals surface area contributed by atoms with Gasteiger partial charge in [-0.2, -0.15) is 5.10 Å². The highest BCUT2D eigenvalue weighted by Gasteiger charge is 2.22. The number of H-pyrrole nitrogens is 1. The maximum Gasteiger partial charge on any atom is 0.360 e. The summed E-state index contributed by atoms with van der Waals surface area (Å²) < 4.78 is 11.0.